The molecule has 0 aromatic carbocycles. The van der Waals surface area contributed by atoms with E-state index in [4.69, 9.17) is 17.3 Å². The van der Waals surface area contributed by atoms with Gasteiger partial charge in [0.1, 0.15) is 5.54 Å². The minimum atomic E-state index is -1.15. The van der Waals surface area contributed by atoms with Gasteiger partial charge in [-0.3, -0.25) is 4.79 Å². The van der Waals surface area contributed by atoms with Gasteiger partial charge < -0.3 is 15.6 Å². The maximum absolute atomic E-state index is 13.3. The van der Waals surface area contributed by atoms with Crippen molar-refractivity contribution in [1.29, 1.82) is 0 Å². The lowest BCUT2D eigenvalue weighted by Gasteiger charge is -2.30. The Hall–Kier alpha value is -1.14. The van der Waals surface area contributed by atoms with Crippen LogP contribution >= 0.6 is 11.6 Å². The van der Waals surface area contributed by atoms with Crippen molar-refractivity contribution in [3.8, 4) is 0 Å². The van der Waals surface area contributed by atoms with Gasteiger partial charge in [-0.2, -0.15) is 4.39 Å². The summed E-state index contributed by atoms with van der Waals surface area (Å²) >= 11 is 5.80. The molecule has 0 bridgehead atoms. The molecule has 7 heteroatoms. The third kappa shape index (κ3) is 3.17. The first-order valence-corrected chi connectivity index (χ1v) is 5.85. The van der Waals surface area contributed by atoms with Gasteiger partial charge in [0.05, 0.1) is 24.9 Å². The van der Waals surface area contributed by atoms with Gasteiger partial charge in [0.2, 0.25) is 11.9 Å². The molecule has 1 amide bonds. The highest BCUT2D eigenvalue weighted by Gasteiger charge is 2.36. The van der Waals surface area contributed by atoms with Gasteiger partial charge in [-0.25, -0.2) is 4.98 Å². The summed E-state index contributed by atoms with van der Waals surface area (Å²) < 4.78 is 14.5. The van der Waals surface area contributed by atoms with Crippen molar-refractivity contribution in [1.82, 2.24) is 14.9 Å². The Morgan fingerprint density at radius 2 is 2.47 bits per heavy atom. The van der Waals surface area contributed by atoms with Crippen LogP contribution in [0.3, 0.4) is 0 Å². The summed E-state index contributed by atoms with van der Waals surface area (Å²) in [4.78, 5) is 15.2. The first-order chi connectivity index (χ1) is 8.05. The van der Waals surface area contributed by atoms with Crippen LogP contribution in [0.15, 0.2) is 12.5 Å². The number of nitrogens with zero attached hydrogens (tertiary/aromatic N) is 2. The van der Waals surface area contributed by atoms with Crippen molar-refractivity contribution in [2.45, 2.75) is 25.4 Å². The van der Waals surface area contributed by atoms with Crippen LogP contribution in [0.2, 0.25) is 0 Å². The lowest BCUT2D eigenvalue weighted by molar-refractivity contribution is -0.124. The van der Waals surface area contributed by atoms with Crippen LogP contribution in [0.1, 0.15) is 13.3 Å². The molecule has 1 unspecified atom stereocenters. The van der Waals surface area contributed by atoms with Crippen molar-refractivity contribution in [3.63, 3.8) is 0 Å². The summed E-state index contributed by atoms with van der Waals surface area (Å²) in [6.45, 7) is 2.55. The zero-order valence-corrected chi connectivity index (χ0v) is 10.4. The first kappa shape index (κ1) is 13.9. The highest BCUT2D eigenvalue weighted by atomic mass is 35.5. The van der Waals surface area contributed by atoms with E-state index < -0.39 is 17.4 Å². The predicted octanol–water partition coefficient (Wildman–Crippen LogP) is 0.485. The molecule has 96 valence electrons. The van der Waals surface area contributed by atoms with Gasteiger partial charge in [0, 0.05) is 0 Å². The molecule has 0 spiro atoms. The van der Waals surface area contributed by atoms with Crippen molar-refractivity contribution in [2.24, 2.45) is 5.73 Å². The molecule has 0 aliphatic rings. The Morgan fingerprint density at radius 3 is 2.88 bits per heavy atom. The molecule has 0 aliphatic heterocycles. The summed E-state index contributed by atoms with van der Waals surface area (Å²) in [5, 5.41) is 2.98. The smallest absolute Gasteiger partial charge is 0.240 e. The Kier molecular flexibility index (Phi) is 4.89. The van der Waals surface area contributed by atoms with Crippen LogP contribution in [0.5, 0.6) is 0 Å². The lowest BCUT2D eigenvalue weighted by Crippen LogP contribution is -2.60. The van der Waals surface area contributed by atoms with Crippen molar-refractivity contribution >= 4 is 17.5 Å². The largest absolute Gasteiger partial charge is 0.368 e. The van der Waals surface area contributed by atoms with E-state index in [1.54, 1.807) is 0 Å². The van der Waals surface area contributed by atoms with Gasteiger partial charge in [-0.1, -0.05) is 6.92 Å². The standard InChI is InChI=1S/C10H16ClFN4O/c1-2-3-15-10(5-11,9(13)17)6-16-7-14-4-8(16)12/h4,7,15H,2-3,5-6H2,1H3,(H2,13,17). The molecule has 0 radical (unpaired) electrons. The Balaban J connectivity index is 2.90. The fourth-order valence-electron chi connectivity index (χ4n) is 1.45. The van der Waals surface area contributed by atoms with Crippen LogP contribution in [0.4, 0.5) is 4.39 Å². The summed E-state index contributed by atoms with van der Waals surface area (Å²) in [7, 11) is 0. The van der Waals surface area contributed by atoms with Crippen LogP contribution in [-0.4, -0.2) is 33.4 Å². The number of aromatic nitrogens is 2. The topological polar surface area (TPSA) is 72.9 Å². The molecule has 0 fully saturated rings. The number of amides is 1. The number of rotatable bonds is 7. The van der Waals surface area contributed by atoms with Crippen LogP contribution < -0.4 is 11.1 Å². The molecule has 1 rings (SSSR count). The Labute approximate surface area is 104 Å². The third-order valence-corrected chi connectivity index (χ3v) is 2.97. The zero-order valence-electron chi connectivity index (χ0n) is 9.62. The van der Waals surface area contributed by atoms with Crippen LogP contribution in [0, 0.1) is 5.95 Å². The highest BCUT2D eigenvalue weighted by Crippen LogP contribution is 2.12. The average molecular weight is 263 g/mol. The number of nitrogens with one attached hydrogen (secondary N) is 1. The lowest BCUT2D eigenvalue weighted by atomic mass is 10.0. The molecule has 0 aliphatic carbocycles. The minimum absolute atomic E-state index is 0.0255. The number of alkyl halides is 1. The second kappa shape index (κ2) is 5.97. The van der Waals surface area contributed by atoms with Gasteiger partial charge in [0.25, 0.3) is 0 Å². The van der Waals surface area contributed by atoms with E-state index >= 15 is 0 Å². The second-order valence-electron chi connectivity index (χ2n) is 3.85. The van der Waals surface area contributed by atoms with Crippen LogP contribution in [-0.2, 0) is 11.3 Å². The maximum Gasteiger partial charge on any atom is 0.240 e. The molecule has 3 N–H and O–H groups in total. The number of halogens is 2. The molecule has 1 atom stereocenters. The average Bonchev–Trinajstić information content (AvgIpc) is 2.70. The summed E-state index contributed by atoms with van der Waals surface area (Å²) in [5.41, 5.74) is 4.19. The van der Waals surface area contributed by atoms with E-state index in [1.807, 2.05) is 6.92 Å². The number of carbonyl (C=O) groups is 1. The van der Waals surface area contributed by atoms with Crippen molar-refractivity contribution in [2.75, 3.05) is 12.4 Å². The fourth-order valence-corrected chi connectivity index (χ4v) is 1.76. The van der Waals surface area contributed by atoms with E-state index in [9.17, 15) is 9.18 Å². The fraction of sp³-hybridized carbons (Fsp3) is 0.600. The highest BCUT2D eigenvalue weighted by molar-refractivity contribution is 6.20. The summed E-state index contributed by atoms with van der Waals surface area (Å²) in [5.74, 6) is -1.16. The van der Waals surface area contributed by atoms with Gasteiger partial charge >= 0.3 is 0 Å². The Morgan fingerprint density at radius 1 is 1.76 bits per heavy atom. The SMILES string of the molecule is CCCNC(CCl)(Cn1cncc1F)C(N)=O. The molecular weight excluding hydrogens is 247 g/mol. The summed E-state index contributed by atoms with van der Waals surface area (Å²) in [6.07, 6.45) is 3.19. The van der Waals surface area contributed by atoms with E-state index in [0.717, 1.165) is 12.6 Å². The number of nitrogens with two attached hydrogens (primary N) is 1. The first-order valence-electron chi connectivity index (χ1n) is 5.32. The predicted molar refractivity (Wildman–Crippen MR) is 63.1 cm³/mol. The van der Waals surface area contributed by atoms with Crippen molar-refractivity contribution < 1.29 is 9.18 Å². The normalized spacial score (nSPS) is 14.5. The monoisotopic (exact) mass is 262 g/mol. The number of hydrogen-bond donors (Lipinski definition) is 2. The number of imidazole rings is 1. The molecule has 0 saturated heterocycles. The summed E-state index contributed by atoms with van der Waals surface area (Å²) in [6, 6.07) is 0. The molecule has 1 aromatic heterocycles. The molecule has 5 nitrogen and oxygen atoms in total. The van der Waals surface area contributed by atoms with Gasteiger partial charge in [-0.05, 0) is 13.0 Å². The second-order valence-corrected chi connectivity index (χ2v) is 4.12. The van der Waals surface area contributed by atoms with E-state index in [0.29, 0.717) is 6.54 Å². The number of carbonyl (C=O) groups excluding carboxylic acids is 1. The quantitative estimate of drug-likeness (QED) is 0.702. The van der Waals surface area contributed by atoms with Gasteiger partial charge in [0.15, 0.2) is 0 Å². The number of primary amides is 1. The minimum Gasteiger partial charge on any atom is -0.368 e. The molecular formula is C10H16ClFN4O. The van der Waals surface area contributed by atoms with Crippen LogP contribution in [0.25, 0.3) is 0 Å². The molecule has 17 heavy (non-hydrogen) atoms. The van der Waals surface area contributed by atoms with Gasteiger partial charge in [-0.15, -0.1) is 11.6 Å². The van der Waals surface area contributed by atoms with E-state index in [1.165, 1.54) is 10.9 Å². The maximum atomic E-state index is 13.3. The molecule has 1 aromatic rings. The third-order valence-electron chi connectivity index (χ3n) is 2.51. The number of hydrogen-bond acceptors (Lipinski definition) is 3. The van der Waals surface area contributed by atoms with Crippen molar-refractivity contribution in [3.05, 3.63) is 18.5 Å². The molecule has 0 saturated carbocycles. The van der Waals surface area contributed by atoms with E-state index in [-0.39, 0.29) is 12.4 Å². The zero-order chi connectivity index (χ0) is 12.9. The molecule has 1 heterocycles. The van der Waals surface area contributed by atoms with E-state index in [2.05, 4.69) is 10.3 Å². The Bertz CT molecular complexity index is 384.